The van der Waals surface area contributed by atoms with Crippen LogP contribution in [0.3, 0.4) is 0 Å². The predicted octanol–water partition coefficient (Wildman–Crippen LogP) is 4.52. The van der Waals surface area contributed by atoms with Crippen molar-refractivity contribution in [3.8, 4) is 0 Å². The number of unbranched alkanes of at least 4 members (excludes halogenated alkanes) is 12. The van der Waals surface area contributed by atoms with Crippen LogP contribution in [0.5, 0.6) is 0 Å². The van der Waals surface area contributed by atoms with Gasteiger partial charge in [-0.15, -0.1) is 0 Å². The molecule has 1 saturated heterocycles. The minimum absolute atomic E-state index is 0.274. The summed E-state index contributed by atoms with van der Waals surface area (Å²) in [5.74, 6) is 0. The molecule has 1 aliphatic rings. The van der Waals surface area contributed by atoms with Crippen LogP contribution in [0.4, 0.5) is 0 Å². The van der Waals surface area contributed by atoms with E-state index in [1.807, 2.05) is 0 Å². The Labute approximate surface area is 178 Å². The van der Waals surface area contributed by atoms with Crippen LogP contribution in [0.1, 0.15) is 96.8 Å². The maximum absolute atomic E-state index is 10.1. The second-order valence-corrected chi connectivity index (χ2v) is 8.39. The van der Waals surface area contributed by atoms with Gasteiger partial charge in [0.1, 0.15) is 24.4 Å². The molecule has 0 saturated carbocycles. The summed E-state index contributed by atoms with van der Waals surface area (Å²) in [6, 6.07) is 0. The standard InChI is InChI=1S/C24H46O5/c1-2-3-4-5-6-7-8-9-10-11-12-13-14-15-16-17-18-28-22-20-29-24(23(22)27)21(26)19-25/h8-9,21-27H,2-7,10-20H2,1H3/b9-8+/t21-,22+,23-,24-/m0/s1. The smallest absolute Gasteiger partial charge is 0.114 e. The molecule has 0 aromatic rings. The van der Waals surface area contributed by atoms with Crippen molar-refractivity contribution in [1.82, 2.24) is 0 Å². The fourth-order valence-corrected chi connectivity index (χ4v) is 3.79. The third-order valence-electron chi connectivity index (χ3n) is 5.72. The van der Waals surface area contributed by atoms with E-state index in [4.69, 9.17) is 14.6 Å². The molecule has 4 atom stereocenters. The molecule has 172 valence electrons. The van der Waals surface area contributed by atoms with E-state index in [0.29, 0.717) is 6.61 Å². The van der Waals surface area contributed by atoms with Gasteiger partial charge in [-0.05, 0) is 32.1 Å². The normalized spacial score (nSPS) is 23.2. The average molecular weight is 415 g/mol. The largest absolute Gasteiger partial charge is 0.394 e. The van der Waals surface area contributed by atoms with Gasteiger partial charge in [0, 0.05) is 6.61 Å². The fraction of sp³-hybridized carbons (Fsp3) is 0.917. The molecule has 29 heavy (non-hydrogen) atoms. The lowest BCUT2D eigenvalue weighted by Gasteiger charge is -2.20. The van der Waals surface area contributed by atoms with Crippen molar-refractivity contribution in [1.29, 1.82) is 0 Å². The molecule has 1 fully saturated rings. The lowest BCUT2D eigenvalue weighted by Crippen LogP contribution is -2.41. The van der Waals surface area contributed by atoms with Crippen molar-refractivity contribution in [2.24, 2.45) is 0 Å². The molecule has 0 aromatic heterocycles. The molecule has 0 aromatic carbocycles. The number of ether oxygens (including phenoxy) is 2. The van der Waals surface area contributed by atoms with Gasteiger partial charge in [0.15, 0.2) is 0 Å². The van der Waals surface area contributed by atoms with Crippen LogP contribution in [-0.4, -0.2) is 59.6 Å². The molecule has 0 unspecified atom stereocenters. The first-order valence-electron chi connectivity index (χ1n) is 12.1. The van der Waals surface area contributed by atoms with Crippen LogP contribution < -0.4 is 0 Å². The van der Waals surface area contributed by atoms with E-state index < -0.39 is 31.0 Å². The molecule has 3 N–H and O–H groups in total. The van der Waals surface area contributed by atoms with Crippen molar-refractivity contribution in [2.75, 3.05) is 19.8 Å². The molecule has 0 aliphatic carbocycles. The van der Waals surface area contributed by atoms with E-state index in [9.17, 15) is 10.2 Å². The monoisotopic (exact) mass is 414 g/mol. The zero-order valence-electron chi connectivity index (χ0n) is 18.6. The maximum Gasteiger partial charge on any atom is 0.114 e. The van der Waals surface area contributed by atoms with Gasteiger partial charge in [0.05, 0.1) is 13.2 Å². The lowest BCUT2D eigenvalue weighted by atomic mass is 10.1. The third-order valence-corrected chi connectivity index (χ3v) is 5.72. The minimum Gasteiger partial charge on any atom is -0.394 e. The van der Waals surface area contributed by atoms with Crippen molar-refractivity contribution >= 4 is 0 Å². The van der Waals surface area contributed by atoms with E-state index in [0.717, 1.165) is 12.8 Å². The average Bonchev–Trinajstić information content (AvgIpc) is 3.10. The maximum atomic E-state index is 10.1. The molecule has 0 bridgehead atoms. The lowest BCUT2D eigenvalue weighted by molar-refractivity contribution is -0.0730. The highest BCUT2D eigenvalue weighted by molar-refractivity contribution is 4.88. The first-order chi connectivity index (χ1) is 14.2. The van der Waals surface area contributed by atoms with Crippen molar-refractivity contribution in [3.05, 3.63) is 12.2 Å². The number of rotatable bonds is 19. The Bertz CT molecular complexity index is 387. The number of aliphatic hydroxyl groups is 3. The van der Waals surface area contributed by atoms with Crippen LogP contribution in [0.25, 0.3) is 0 Å². The Morgan fingerprint density at radius 3 is 2.03 bits per heavy atom. The van der Waals surface area contributed by atoms with Gasteiger partial charge in [-0.3, -0.25) is 0 Å². The predicted molar refractivity (Wildman–Crippen MR) is 118 cm³/mol. The fourth-order valence-electron chi connectivity index (χ4n) is 3.79. The number of allylic oxidation sites excluding steroid dienone is 2. The molecule has 5 nitrogen and oxygen atoms in total. The molecule has 1 aliphatic heterocycles. The molecule has 1 rings (SSSR count). The van der Waals surface area contributed by atoms with Crippen molar-refractivity contribution < 1.29 is 24.8 Å². The SMILES string of the molecule is CCCCCCC/C=C/CCCCCCCCCO[C@@H]1CO[C@@H]([C@@H](O)CO)[C@H]1O. The van der Waals surface area contributed by atoms with Gasteiger partial charge >= 0.3 is 0 Å². The molecular weight excluding hydrogens is 368 g/mol. The van der Waals surface area contributed by atoms with E-state index in [1.165, 1.54) is 77.0 Å². The summed E-state index contributed by atoms with van der Waals surface area (Å²) in [6.45, 7) is 2.73. The van der Waals surface area contributed by atoms with Gasteiger partial charge in [0.2, 0.25) is 0 Å². The van der Waals surface area contributed by atoms with Gasteiger partial charge in [0.25, 0.3) is 0 Å². The second kappa shape index (κ2) is 18.3. The highest BCUT2D eigenvalue weighted by atomic mass is 16.6. The van der Waals surface area contributed by atoms with Gasteiger partial charge in [-0.2, -0.15) is 0 Å². The van der Waals surface area contributed by atoms with E-state index in [-0.39, 0.29) is 6.61 Å². The topological polar surface area (TPSA) is 79.2 Å². The summed E-state index contributed by atoms with van der Waals surface area (Å²) >= 11 is 0. The summed E-state index contributed by atoms with van der Waals surface area (Å²) in [5, 5.41) is 28.6. The molecule has 0 spiro atoms. The summed E-state index contributed by atoms with van der Waals surface area (Å²) in [5.41, 5.74) is 0. The van der Waals surface area contributed by atoms with Crippen LogP contribution >= 0.6 is 0 Å². The minimum atomic E-state index is -1.05. The summed E-state index contributed by atoms with van der Waals surface area (Å²) < 4.78 is 11.0. The van der Waals surface area contributed by atoms with Crippen LogP contribution in [0, 0.1) is 0 Å². The van der Waals surface area contributed by atoms with Crippen LogP contribution in [0.2, 0.25) is 0 Å². The number of hydrogen-bond acceptors (Lipinski definition) is 5. The summed E-state index contributed by atoms with van der Waals surface area (Å²) in [6.07, 6.45) is 19.5. The van der Waals surface area contributed by atoms with Gasteiger partial charge < -0.3 is 24.8 Å². The van der Waals surface area contributed by atoms with Crippen molar-refractivity contribution in [2.45, 2.75) is 121 Å². The molecule has 1 heterocycles. The Hall–Kier alpha value is -0.460. The Balaban J connectivity index is 1.83. The van der Waals surface area contributed by atoms with Gasteiger partial charge in [-0.25, -0.2) is 0 Å². The first kappa shape index (κ1) is 26.6. The number of hydrogen-bond donors (Lipinski definition) is 3. The van der Waals surface area contributed by atoms with E-state index in [2.05, 4.69) is 19.1 Å². The highest BCUT2D eigenvalue weighted by Gasteiger charge is 2.40. The molecule has 0 amide bonds. The number of aliphatic hydroxyl groups excluding tert-OH is 3. The third kappa shape index (κ3) is 12.7. The summed E-state index contributed by atoms with van der Waals surface area (Å²) in [7, 11) is 0. The van der Waals surface area contributed by atoms with Crippen molar-refractivity contribution in [3.63, 3.8) is 0 Å². The zero-order chi connectivity index (χ0) is 21.2. The van der Waals surface area contributed by atoms with Crippen LogP contribution in [-0.2, 0) is 9.47 Å². The Morgan fingerprint density at radius 1 is 0.897 bits per heavy atom. The van der Waals surface area contributed by atoms with Gasteiger partial charge in [-0.1, -0.05) is 76.9 Å². The molecule has 0 radical (unpaired) electrons. The first-order valence-corrected chi connectivity index (χ1v) is 12.1. The molecule has 5 heteroatoms. The zero-order valence-corrected chi connectivity index (χ0v) is 18.6. The Morgan fingerprint density at radius 2 is 1.45 bits per heavy atom. The van der Waals surface area contributed by atoms with Crippen LogP contribution in [0.15, 0.2) is 12.2 Å². The molecular formula is C24H46O5. The summed E-state index contributed by atoms with van der Waals surface area (Å²) in [4.78, 5) is 0. The van der Waals surface area contributed by atoms with E-state index in [1.54, 1.807) is 0 Å². The second-order valence-electron chi connectivity index (χ2n) is 8.39. The Kier molecular flexibility index (Phi) is 16.8. The quantitative estimate of drug-likeness (QED) is 0.214. The van der Waals surface area contributed by atoms with E-state index >= 15 is 0 Å². The highest BCUT2D eigenvalue weighted by Crippen LogP contribution is 2.20.